The fraction of sp³-hybridized carbons (Fsp3) is 0.844. The zero-order valence-electron chi connectivity index (χ0n) is 28.2. The molecular formula is C32H52N2O11. The van der Waals surface area contributed by atoms with Crippen molar-refractivity contribution in [2.75, 3.05) is 14.1 Å². The lowest BCUT2D eigenvalue weighted by molar-refractivity contribution is -0.292. The number of hydrogen-bond acceptors (Lipinski definition) is 12. The highest BCUT2D eigenvalue weighted by Gasteiger charge is 2.57. The Morgan fingerprint density at radius 1 is 1.04 bits per heavy atom. The number of carbonyl (C=O) groups excluding carboxylic acids is 5. The van der Waals surface area contributed by atoms with Crippen molar-refractivity contribution in [1.29, 1.82) is 0 Å². The second-order valence-corrected chi connectivity index (χ2v) is 13.9. The number of aliphatic hydroxyl groups excluding tert-OH is 1. The highest BCUT2D eigenvalue weighted by Crippen LogP contribution is 2.45. The third kappa shape index (κ3) is 7.52. The van der Waals surface area contributed by atoms with Crippen LogP contribution >= 0.6 is 0 Å². The Morgan fingerprint density at radius 3 is 2.22 bits per heavy atom. The first-order chi connectivity index (χ1) is 20.8. The summed E-state index contributed by atoms with van der Waals surface area (Å²) in [4.78, 5) is 68.3. The molecular weight excluding hydrogens is 588 g/mol. The summed E-state index contributed by atoms with van der Waals surface area (Å²) in [7, 11) is 3.63. The number of cyclic esters (lactones) is 1. The molecule has 3 fully saturated rings. The van der Waals surface area contributed by atoms with E-state index in [0.29, 0.717) is 6.42 Å². The number of nitrogens with zero attached hydrogens (tertiary/aromatic N) is 1. The predicted octanol–water partition coefficient (Wildman–Crippen LogP) is 2.38. The molecule has 0 saturated carbocycles. The maximum absolute atomic E-state index is 14.0. The van der Waals surface area contributed by atoms with Gasteiger partial charge in [0.1, 0.15) is 41.2 Å². The standard InChI is InChI=1S/C32H52N2O11/c1-11-22-32(8)20(13-23(35)44-32)17(4)24(36)15(2)14-31(7,45-30(33)40)27(18(5)25(37)19(6)28(39)42-22)43-29-26(38)21(34(9)10)12-16(3)41-29/h15-22,26-27,29,38H,11-14H2,1-10H3,(H2,33,40)/t15-,16-,17?,18+,19-,20?,21+,22-,26-,27-,29+,31-,32+/m1/s1. The number of nitrogens with two attached hydrogens (primary N) is 1. The summed E-state index contributed by atoms with van der Waals surface area (Å²) in [5.74, 6) is -6.72. The SMILES string of the molecule is CC[C@H]1OC(=O)[C@H](C)C(=O)[C@H](C)[C@@H](O[C@@H]2O[C@H](C)C[C@H](N(C)C)[C@H]2O)[C@](C)(OC(N)=O)C[C@@H](C)C(=O)C(C)C2CC(=O)O[C@@]21C. The summed E-state index contributed by atoms with van der Waals surface area (Å²) < 4.78 is 29.7. The first-order valence-electron chi connectivity index (χ1n) is 15.9. The van der Waals surface area contributed by atoms with Crippen LogP contribution in [0, 0.1) is 29.6 Å². The third-order valence-electron chi connectivity index (χ3n) is 10.2. The van der Waals surface area contributed by atoms with Crippen LogP contribution in [0.2, 0.25) is 0 Å². The van der Waals surface area contributed by atoms with Crippen LogP contribution in [-0.2, 0) is 42.9 Å². The summed E-state index contributed by atoms with van der Waals surface area (Å²) in [6, 6.07) is -0.349. The first-order valence-corrected chi connectivity index (χ1v) is 15.9. The lowest BCUT2D eigenvalue weighted by atomic mass is 9.70. The van der Waals surface area contributed by atoms with E-state index in [2.05, 4.69) is 0 Å². The van der Waals surface area contributed by atoms with Gasteiger partial charge >= 0.3 is 18.0 Å². The molecule has 3 rings (SSSR count). The van der Waals surface area contributed by atoms with Crippen LogP contribution < -0.4 is 5.73 Å². The predicted molar refractivity (Wildman–Crippen MR) is 160 cm³/mol. The van der Waals surface area contributed by atoms with Gasteiger partial charge in [-0.15, -0.1) is 0 Å². The van der Waals surface area contributed by atoms with Crippen LogP contribution in [0.4, 0.5) is 4.79 Å². The smallest absolute Gasteiger partial charge is 0.405 e. The molecule has 13 atom stereocenters. The van der Waals surface area contributed by atoms with E-state index in [4.69, 9.17) is 29.4 Å². The fourth-order valence-corrected chi connectivity index (χ4v) is 7.62. The number of hydrogen-bond donors (Lipinski definition) is 2. The normalized spacial score (nSPS) is 43.7. The average molecular weight is 641 g/mol. The fourth-order valence-electron chi connectivity index (χ4n) is 7.62. The average Bonchev–Trinajstić information content (AvgIpc) is 3.26. The number of rotatable bonds is 5. The third-order valence-corrected chi connectivity index (χ3v) is 10.2. The van der Waals surface area contributed by atoms with E-state index in [1.807, 2.05) is 25.9 Å². The number of carbonyl (C=O) groups is 5. The molecule has 0 bridgehead atoms. The number of likely N-dealkylation sites (N-methyl/N-ethyl adjacent to an activating group) is 1. The van der Waals surface area contributed by atoms with Gasteiger partial charge in [-0.3, -0.25) is 19.2 Å². The molecule has 0 spiro atoms. The van der Waals surface area contributed by atoms with Gasteiger partial charge in [-0.2, -0.15) is 0 Å². The number of Topliss-reactive ketones (excluding diaryl/α,β-unsaturated/α-hetero) is 2. The Bertz CT molecular complexity index is 1150. The summed E-state index contributed by atoms with van der Waals surface area (Å²) in [5.41, 5.74) is 2.54. The maximum Gasteiger partial charge on any atom is 0.405 e. The van der Waals surface area contributed by atoms with Crippen molar-refractivity contribution >= 4 is 29.6 Å². The highest BCUT2D eigenvalue weighted by molar-refractivity contribution is 6.00. The molecule has 0 aliphatic carbocycles. The molecule has 0 radical (unpaired) electrons. The number of ether oxygens (including phenoxy) is 5. The van der Waals surface area contributed by atoms with E-state index >= 15 is 0 Å². The van der Waals surface area contributed by atoms with Gasteiger partial charge in [0.25, 0.3) is 0 Å². The zero-order valence-corrected chi connectivity index (χ0v) is 28.2. The Labute approximate surface area is 265 Å². The Kier molecular flexibility index (Phi) is 11.5. The van der Waals surface area contributed by atoms with E-state index in [-0.39, 0.29) is 37.2 Å². The van der Waals surface area contributed by atoms with Crippen molar-refractivity contribution in [1.82, 2.24) is 4.90 Å². The number of aliphatic hydroxyl groups is 1. The van der Waals surface area contributed by atoms with Crippen molar-refractivity contribution in [3.05, 3.63) is 0 Å². The van der Waals surface area contributed by atoms with E-state index in [0.717, 1.165) is 0 Å². The van der Waals surface area contributed by atoms with Crippen molar-refractivity contribution in [2.24, 2.45) is 35.3 Å². The van der Waals surface area contributed by atoms with Crippen LogP contribution in [0.25, 0.3) is 0 Å². The topological polar surface area (TPSA) is 181 Å². The van der Waals surface area contributed by atoms with Crippen molar-refractivity contribution in [3.63, 3.8) is 0 Å². The van der Waals surface area contributed by atoms with Crippen molar-refractivity contribution in [3.8, 4) is 0 Å². The molecule has 13 nitrogen and oxygen atoms in total. The first kappa shape index (κ1) is 36.9. The molecule has 0 aromatic rings. The number of fused-ring (bicyclic) bond motifs is 1. The summed E-state index contributed by atoms with van der Waals surface area (Å²) in [6.45, 7) is 13.1. The number of ketones is 2. The largest absolute Gasteiger partial charge is 0.458 e. The molecule has 13 heteroatoms. The Balaban J connectivity index is 2.15. The van der Waals surface area contributed by atoms with Gasteiger partial charge in [-0.1, -0.05) is 27.7 Å². The van der Waals surface area contributed by atoms with Crippen molar-refractivity contribution < 1.29 is 52.8 Å². The molecule has 256 valence electrons. The van der Waals surface area contributed by atoms with Crippen LogP contribution in [0.1, 0.15) is 81.1 Å². The zero-order chi connectivity index (χ0) is 34.2. The number of primary amides is 1. The van der Waals surface area contributed by atoms with Gasteiger partial charge in [-0.25, -0.2) is 4.79 Å². The quantitative estimate of drug-likeness (QED) is 0.255. The lowest BCUT2D eigenvalue weighted by Gasteiger charge is -2.46. The van der Waals surface area contributed by atoms with E-state index in [9.17, 15) is 29.1 Å². The van der Waals surface area contributed by atoms with Gasteiger partial charge in [-0.05, 0) is 61.1 Å². The van der Waals surface area contributed by atoms with E-state index in [1.165, 1.54) is 20.8 Å². The minimum Gasteiger partial charge on any atom is -0.458 e. The molecule has 3 aliphatic heterocycles. The van der Waals surface area contributed by atoms with Crippen molar-refractivity contribution in [2.45, 2.75) is 129 Å². The van der Waals surface area contributed by atoms with Crippen LogP contribution in [0.3, 0.4) is 0 Å². The summed E-state index contributed by atoms with van der Waals surface area (Å²) in [5, 5.41) is 11.3. The van der Waals surface area contributed by atoms with Crippen LogP contribution in [0.15, 0.2) is 0 Å². The second-order valence-electron chi connectivity index (χ2n) is 13.9. The minimum absolute atomic E-state index is 0.0569. The molecule has 0 aromatic heterocycles. The van der Waals surface area contributed by atoms with E-state index < -0.39 is 89.2 Å². The molecule has 45 heavy (non-hydrogen) atoms. The van der Waals surface area contributed by atoms with Gasteiger partial charge in [0.2, 0.25) is 0 Å². The summed E-state index contributed by atoms with van der Waals surface area (Å²) >= 11 is 0. The minimum atomic E-state index is -1.70. The number of amides is 1. The van der Waals surface area contributed by atoms with Gasteiger partial charge in [0.15, 0.2) is 12.1 Å². The highest BCUT2D eigenvalue weighted by atomic mass is 16.7. The molecule has 3 saturated heterocycles. The molecule has 2 unspecified atom stereocenters. The maximum atomic E-state index is 14.0. The van der Waals surface area contributed by atoms with Crippen LogP contribution in [-0.4, -0.2) is 102 Å². The van der Waals surface area contributed by atoms with Gasteiger partial charge in [0, 0.05) is 29.7 Å². The Hall–Kier alpha value is -2.61. The molecule has 0 aromatic carbocycles. The van der Waals surface area contributed by atoms with Crippen LogP contribution in [0.5, 0.6) is 0 Å². The Morgan fingerprint density at radius 2 is 1.67 bits per heavy atom. The molecule has 3 heterocycles. The summed E-state index contributed by atoms with van der Waals surface area (Å²) in [6.07, 6.45) is -5.48. The monoisotopic (exact) mass is 640 g/mol. The molecule has 3 N–H and O–H groups in total. The molecule has 1 amide bonds. The van der Waals surface area contributed by atoms with Gasteiger partial charge < -0.3 is 39.4 Å². The second kappa shape index (κ2) is 14.0. The number of esters is 2. The van der Waals surface area contributed by atoms with Gasteiger partial charge in [0.05, 0.1) is 12.5 Å². The molecule has 3 aliphatic rings. The lowest BCUT2D eigenvalue weighted by Crippen LogP contribution is -2.60. The van der Waals surface area contributed by atoms with E-state index in [1.54, 1.807) is 27.7 Å².